The third-order valence-corrected chi connectivity index (χ3v) is 6.99. The Hall–Kier alpha value is -4.69. The molecule has 6 rings (SSSR count). The largest absolute Gasteiger partial charge is 0.335 e. The Morgan fingerprint density at radius 1 is 0.595 bits per heavy atom. The van der Waals surface area contributed by atoms with Gasteiger partial charge in [-0.05, 0) is 94.3 Å². The highest BCUT2D eigenvalue weighted by molar-refractivity contribution is 5.92. The first-order valence-corrected chi connectivity index (χ1v) is 12.6. The van der Waals surface area contributed by atoms with Crippen molar-refractivity contribution in [2.75, 3.05) is 4.90 Å². The Balaban J connectivity index is 1.35. The minimum atomic E-state index is 0.734. The smallest absolute Gasteiger partial charge is 0.0859 e. The maximum absolute atomic E-state index is 4.28. The van der Waals surface area contributed by atoms with Crippen LogP contribution in [0.5, 0.6) is 0 Å². The number of anilines is 2. The number of hydrogen-bond donors (Lipinski definition) is 0. The number of rotatable bonds is 6. The second kappa shape index (κ2) is 9.75. The maximum Gasteiger partial charge on any atom is 0.0859 e. The van der Waals surface area contributed by atoms with Crippen molar-refractivity contribution in [2.45, 2.75) is 13.5 Å². The molecule has 0 amide bonds. The highest BCUT2D eigenvalue weighted by Gasteiger charge is 2.14. The summed E-state index contributed by atoms with van der Waals surface area (Å²) in [4.78, 5) is 6.58. The van der Waals surface area contributed by atoms with E-state index in [1.54, 1.807) is 0 Å². The Bertz CT molecular complexity index is 1730. The lowest BCUT2D eigenvalue weighted by Gasteiger charge is -2.26. The van der Waals surface area contributed by atoms with Crippen molar-refractivity contribution in [1.29, 1.82) is 0 Å². The molecule has 0 bridgehead atoms. The van der Waals surface area contributed by atoms with Crippen LogP contribution in [-0.4, -0.2) is 6.72 Å². The summed E-state index contributed by atoms with van der Waals surface area (Å²) in [6, 6.07) is 45.5. The van der Waals surface area contributed by atoms with Crippen molar-refractivity contribution in [3.05, 3.63) is 139 Å². The zero-order chi connectivity index (χ0) is 25.2. The van der Waals surface area contributed by atoms with Crippen LogP contribution in [0.4, 0.5) is 17.1 Å². The highest BCUT2D eigenvalue weighted by atomic mass is 15.1. The highest BCUT2D eigenvalue weighted by Crippen LogP contribution is 2.35. The van der Waals surface area contributed by atoms with Crippen LogP contribution in [0.25, 0.3) is 32.7 Å². The van der Waals surface area contributed by atoms with Crippen molar-refractivity contribution >= 4 is 45.3 Å². The molecule has 0 aliphatic rings. The number of fused-ring (bicyclic) bond motifs is 2. The van der Waals surface area contributed by atoms with Gasteiger partial charge in [-0.15, -0.1) is 0 Å². The molecule has 0 N–H and O–H groups in total. The van der Waals surface area contributed by atoms with Crippen molar-refractivity contribution in [3.63, 3.8) is 0 Å². The predicted molar refractivity (Wildman–Crippen MR) is 160 cm³/mol. The van der Waals surface area contributed by atoms with E-state index >= 15 is 0 Å². The van der Waals surface area contributed by atoms with Crippen molar-refractivity contribution in [1.82, 2.24) is 0 Å². The van der Waals surface area contributed by atoms with Crippen LogP contribution in [0.2, 0.25) is 0 Å². The SMILES string of the molecule is C=Nc1ccccc1N(Cc1ccc2cc(-c3ccc4cc(C)ccc4c3)ccc2c1)c1ccccc1. The molecule has 6 aromatic carbocycles. The molecule has 6 aromatic rings. The zero-order valence-electron chi connectivity index (χ0n) is 20.9. The lowest BCUT2D eigenvalue weighted by atomic mass is 9.97. The normalized spacial score (nSPS) is 11.1. The molecule has 0 aromatic heterocycles. The topological polar surface area (TPSA) is 15.6 Å². The molecule has 0 saturated heterocycles. The number of benzene rings is 6. The molecule has 0 aliphatic carbocycles. The van der Waals surface area contributed by atoms with Gasteiger partial charge in [-0.2, -0.15) is 0 Å². The molecule has 37 heavy (non-hydrogen) atoms. The van der Waals surface area contributed by atoms with Gasteiger partial charge in [0, 0.05) is 12.2 Å². The van der Waals surface area contributed by atoms with Crippen LogP contribution in [0.3, 0.4) is 0 Å². The van der Waals surface area contributed by atoms with E-state index in [1.165, 1.54) is 43.8 Å². The molecule has 0 saturated carbocycles. The fourth-order valence-corrected chi connectivity index (χ4v) is 5.05. The van der Waals surface area contributed by atoms with Crippen LogP contribution in [0.15, 0.2) is 132 Å². The first-order valence-electron chi connectivity index (χ1n) is 12.6. The van der Waals surface area contributed by atoms with Gasteiger partial charge in [0.2, 0.25) is 0 Å². The summed E-state index contributed by atoms with van der Waals surface area (Å²) < 4.78 is 0. The van der Waals surface area contributed by atoms with Gasteiger partial charge < -0.3 is 4.90 Å². The molecule has 0 heterocycles. The van der Waals surface area contributed by atoms with E-state index in [1.807, 2.05) is 18.2 Å². The second-order valence-corrected chi connectivity index (χ2v) is 9.53. The van der Waals surface area contributed by atoms with Gasteiger partial charge in [0.1, 0.15) is 0 Å². The molecule has 2 heteroatoms. The minimum Gasteiger partial charge on any atom is -0.335 e. The second-order valence-electron chi connectivity index (χ2n) is 9.53. The first kappa shape index (κ1) is 22.8. The molecule has 0 atom stereocenters. The summed E-state index contributed by atoms with van der Waals surface area (Å²) in [5.41, 5.74) is 8.06. The Morgan fingerprint density at radius 2 is 1.19 bits per heavy atom. The van der Waals surface area contributed by atoms with Gasteiger partial charge in [0.05, 0.1) is 11.4 Å². The van der Waals surface area contributed by atoms with Crippen LogP contribution in [0.1, 0.15) is 11.1 Å². The molecule has 0 aliphatic heterocycles. The summed E-state index contributed by atoms with van der Waals surface area (Å²) in [5, 5.41) is 5.03. The van der Waals surface area contributed by atoms with E-state index in [0.29, 0.717) is 0 Å². The van der Waals surface area contributed by atoms with E-state index < -0.39 is 0 Å². The van der Waals surface area contributed by atoms with Crippen LogP contribution >= 0.6 is 0 Å². The standard InChI is InChI=1S/C35H28N2/c1-25-12-14-29-22-31(18-16-27(29)20-25)32-19-17-28-21-26(13-15-30(28)23-32)24-37(33-8-4-3-5-9-33)35-11-7-6-10-34(35)36-2/h3-23H,2,24H2,1H3. The number of nitrogens with zero attached hydrogens (tertiary/aromatic N) is 2. The molecular weight excluding hydrogens is 448 g/mol. The van der Waals surface area contributed by atoms with E-state index in [0.717, 1.165) is 23.6 Å². The van der Waals surface area contributed by atoms with Crippen molar-refractivity contribution < 1.29 is 0 Å². The maximum atomic E-state index is 4.28. The fourth-order valence-electron chi connectivity index (χ4n) is 5.05. The third kappa shape index (κ3) is 4.62. The van der Waals surface area contributed by atoms with E-state index in [2.05, 4.69) is 133 Å². The Kier molecular flexibility index (Phi) is 6.00. The number of para-hydroxylation sites is 3. The van der Waals surface area contributed by atoms with Gasteiger partial charge in [0.15, 0.2) is 0 Å². The number of hydrogen-bond acceptors (Lipinski definition) is 2. The number of aliphatic imine (C=N–C) groups is 1. The van der Waals surface area contributed by atoms with Gasteiger partial charge in [-0.3, -0.25) is 4.99 Å². The zero-order valence-corrected chi connectivity index (χ0v) is 20.9. The van der Waals surface area contributed by atoms with E-state index in [4.69, 9.17) is 0 Å². The molecule has 178 valence electrons. The molecule has 0 radical (unpaired) electrons. The summed E-state index contributed by atoms with van der Waals surface area (Å²) in [5.74, 6) is 0. The van der Waals surface area contributed by atoms with Gasteiger partial charge in [0.25, 0.3) is 0 Å². The van der Waals surface area contributed by atoms with Crippen LogP contribution < -0.4 is 4.90 Å². The van der Waals surface area contributed by atoms with Gasteiger partial charge >= 0.3 is 0 Å². The summed E-state index contributed by atoms with van der Waals surface area (Å²) >= 11 is 0. The molecular formula is C35H28N2. The van der Waals surface area contributed by atoms with Crippen LogP contribution in [-0.2, 0) is 6.54 Å². The average Bonchev–Trinajstić information content (AvgIpc) is 2.95. The van der Waals surface area contributed by atoms with Crippen LogP contribution in [0, 0.1) is 6.92 Å². The van der Waals surface area contributed by atoms with E-state index in [-0.39, 0.29) is 0 Å². The lowest BCUT2D eigenvalue weighted by Crippen LogP contribution is -2.16. The van der Waals surface area contributed by atoms with Gasteiger partial charge in [-0.25, -0.2) is 0 Å². The minimum absolute atomic E-state index is 0.734. The first-order chi connectivity index (χ1) is 18.2. The average molecular weight is 477 g/mol. The molecule has 0 spiro atoms. The van der Waals surface area contributed by atoms with Gasteiger partial charge in [-0.1, -0.05) is 90.5 Å². The Labute approximate surface area is 218 Å². The fraction of sp³-hybridized carbons (Fsp3) is 0.0571. The van der Waals surface area contributed by atoms with E-state index in [9.17, 15) is 0 Å². The number of aryl methyl sites for hydroxylation is 1. The summed E-state index contributed by atoms with van der Waals surface area (Å²) in [6.07, 6.45) is 0. The summed E-state index contributed by atoms with van der Waals surface area (Å²) in [7, 11) is 0. The monoisotopic (exact) mass is 476 g/mol. The molecule has 0 fully saturated rings. The predicted octanol–water partition coefficient (Wildman–Crippen LogP) is 9.64. The Morgan fingerprint density at radius 3 is 1.92 bits per heavy atom. The summed E-state index contributed by atoms with van der Waals surface area (Å²) in [6.45, 7) is 6.67. The van der Waals surface area contributed by atoms with Crippen molar-refractivity contribution in [2.24, 2.45) is 4.99 Å². The molecule has 0 unspecified atom stereocenters. The lowest BCUT2D eigenvalue weighted by molar-refractivity contribution is 0.977. The third-order valence-electron chi connectivity index (χ3n) is 6.99. The van der Waals surface area contributed by atoms with Crippen molar-refractivity contribution in [3.8, 4) is 11.1 Å². The molecule has 2 nitrogen and oxygen atoms in total. The quantitative estimate of drug-likeness (QED) is 0.218.